The van der Waals surface area contributed by atoms with Gasteiger partial charge in [0.2, 0.25) is 0 Å². The van der Waals surface area contributed by atoms with Gasteiger partial charge in [0.05, 0.1) is 6.10 Å². The minimum absolute atomic E-state index is 0.0988. The van der Waals surface area contributed by atoms with Crippen LogP contribution < -0.4 is 4.90 Å². The van der Waals surface area contributed by atoms with Crippen LogP contribution in [0.15, 0.2) is 24.3 Å². The average Bonchev–Trinajstić information content (AvgIpc) is 2.49. The molecule has 3 rings (SSSR count). The number of benzene rings is 1. The van der Waals surface area contributed by atoms with E-state index in [1.807, 2.05) is 0 Å². The molecule has 1 aromatic rings. The van der Waals surface area contributed by atoms with Gasteiger partial charge in [-0.1, -0.05) is 12.1 Å². The second-order valence-corrected chi connectivity index (χ2v) is 6.27. The van der Waals surface area contributed by atoms with Crippen molar-refractivity contribution in [1.82, 2.24) is 0 Å². The summed E-state index contributed by atoms with van der Waals surface area (Å²) in [7, 11) is 0. The van der Waals surface area contributed by atoms with E-state index in [2.05, 4.69) is 29.2 Å². The van der Waals surface area contributed by atoms with Crippen molar-refractivity contribution in [3.05, 3.63) is 29.8 Å². The second kappa shape index (κ2) is 6.15. The number of hydrogen-bond acceptors (Lipinski definition) is 3. The minimum atomic E-state index is -0.327. The first-order valence-corrected chi connectivity index (χ1v) is 7.97. The van der Waals surface area contributed by atoms with E-state index >= 15 is 0 Å². The molecule has 1 saturated carbocycles. The molecule has 110 valence electrons. The maximum Gasteiger partial charge on any atom is 0.126 e. The fourth-order valence-electron chi connectivity index (χ4n) is 3.58. The maximum absolute atomic E-state index is 10.2. The number of piperidine rings is 1. The number of hydrogen-bond donors (Lipinski definition) is 2. The van der Waals surface area contributed by atoms with Crippen LogP contribution >= 0.6 is 0 Å². The van der Waals surface area contributed by atoms with Crippen molar-refractivity contribution in [1.29, 1.82) is 0 Å². The molecule has 1 unspecified atom stereocenters. The Morgan fingerprint density at radius 3 is 2.50 bits per heavy atom. The van der Waals surface area contributed by atoms with E-state index in [0.29, 0.717) is 5.92 Å². The molecule has 3 heteroatoms. The van der Waals surface area contributed by atoms with Crippen molar-refractivity contribution in [2.75, 3.05) is 11.4 Å². The molecule has 0 amide bonds. The summed E-state index contributed by atoms with van der Waals surface area (Å²) in [5.74, 6) is 0.570. The summed E-state index contributed by atoms with van der Waals surface area (Å²) < 4.78 is 0. The number of rotatable bonds is 2. The van der Waals surface area contributed by atoms with Crippen LogP contribution in [0.1, 0.15) is 56.4 Å². The highest BCUT2D eigenvalue weighted by Gasteiger charge is 2.23. The van der Waals surface area contributed by atoms with Crippen LogP contribution in [-0.4, -0.2) is 29.1 Å². The lowest BCUT2D eigenvalue weighted by Crippen LogP contribution is -2.39. The monoisotopic (exact) mass is 275 g/mol. The van der Waals surface area contributed by atoms with Crippen LogP contribution in [-0.2, 0) is 0 Å². The lowest BCUT2D eigenvalue weighted by atomic mass is 9.82. The quantitative estimate of drug-likeness (QED) is 0.872. The molecule has 0 bridgehead atoms. The summed E-state index contributed by atoms with van der Waals surface area (Å²) in [5.41, 5.74) is 2.52. The van der Waals surface area contributed by atoms with Gasteiger partial charge in [-0.25, -0.2) is 0 Å². The molecule has 20 heavy (non-hydrogen) atoms. The Morgan fingerprint density at radius 2 is 1.75 bits per heavy atom. The minimum Gasteiger partial charge on any atom is -0.393 e. The predicted molar refractivity (Wildman–Crippen MR) is 80.9 cm³/mol. The number of aliphatic hydroxyl groups excluding tert-OH is 2. The first-order valence-electron chi connectivity index (χ1n) is 7.97. The van der Waals surface area contributed by atoms with Gasteiger partial charge in [0.1, 0.15) is 6.23 Å². The summed E-state index contributed by atoms with van der Waals surface area (Å²) in [6.45, 7) is 0.952. The molecule has 1 aliphatic carbocycles. The van der Waals surface area contributed by atoms with E-state index < -0.39 is 0 Å². The van der Waals surface area contributed by atoms with Crippen molar-refractivity contribution in [2.24, 2.45) is 0 Å². The fraction of sp³-hybridized carbons (Fsp3) is 0.647. The molecule has 1 saturated heterocycles. The Hall–Kier alpha value is -1.06. The largest absolute Gasteiger partial charge is 0.393 e. The summed E-state index contributed by atoms with van der Waals surface area (Å²) in [6, 6.07) is 8.66. The standard InChI is InChI=1S/C17H25NO2/c19-16-9-7-13(8-10-16)14-4-3-5-15(12-14)18-11-2-1-6-17(18)20/h3-5,12-13,16-17,19-20H,1-2,6-11H2. The summed E-state index contributed by atoms with van der Waals surface area (Å²) in [6.07, 6.45) is 6.72. The first-order chi connectivity index (χ1) is 9.74. The zero-order valence-corrected chi connectivity index (χ0v) is 12.0. The van der Waals surface area contributed by atoms with Crippen LogP contribution in [0.5, 0.6) is 0 Å². The van der Waals surface area contributed by atoms with E-state index in [1.54, 1.807) is 0 Å². The van der Waals surface area contributed by atoms with Gasteiger partial charge in [-0.2, -0.15) is 0 Å². The molecule has 0 spiro atoms. The number of anilines is 1. The number of nitrogens with zero attached hydrogens (tertiary/aromatic N) is 1. The smallest absolute Gasteiger partial charge is 0.126 e. The van der Waals surface area contributed by atoms with Gasteiger partial charge in [-0.15, -0.1) is 0 Å². The zero-order chi connectivity index (χ0) is 13.9. The Kier molecular flexibility index (Phi) is 4.27. The molecule has 0 aromatic heterocycles. The van der Waals surface area contributed by atoms with Gasteiger partial charge < -0.3 is 15.1 Å². The summed E-state index contributed by atoms with van der Waals surface area (Å²) in [5, 5.41) is 19.8. The highest BCUT2D eigenvalue weighted by atomic mass is 16.3. The van der Waals surface area contributed by atoms with Gasteiger partial charge in [0.15, 0.2) is 0 Å². The topological polar surface area (TPSA) is 43.7 Å². The number of aliphatic hydroxyl groups is 2. The van der Waals surface area contributed by atoms with E-state index in [0.717, 1.165) is 57.2 Å². The van der Waals surface area contributed by atoms with E-state index in [1.165, 1.54) is 5.56 Å². The van der Waals surface area contributed by atoms with Crippen molar-refractivity contribution < 1.29 is 10.2 Å². The van der Waals surface area contributed by atoms with Crippen molar-refractivity contribution in [3.8, 4) is 0 Å². The third-order valence-electron chi connectivity index (χ3n) is 4.84. The van der Waals surface area contributed by atoms with Crippen LogP contribution in [0.3, 0.4) is 0 Å². The highest BCUT2D eigenvalue weighted by molar-refractivity contribution is 5.50. The molecular weight excluding hydrogens is 250 g/mol. The Labute approximate surface area is 121 Å². The molecule has 1 aliphatic heterocycles. The predicted octanol–water partition coefficient (Wildman–Crippen LogP) is 3.01. The Morgan fingerprint density at radius 1 is 0.950 bits per heavy atom. The molecule has 1 aromatic carbocycles. The van der Waals surface area contributed by atoms with Gasteiger partial charge in [-0.05, 0) is 68.6 Å². The molecule has 1 heterocycles. The van der Waals surface area contributed by atoms with E-state index in [9.17, 15) is 10.2 Å². The van der Waals surface area contributed by atoms with Gasteiger partial charge in [0, 0.05) is 12.2 Å². The van der Waals surface area contributed by atoms with Crippen LogP contribution in [0.4, 0.5) is 5.69 Å². The van der Waals surface area contributed by atoms with Crippen LogP contribution in [0, 0.1) is 0 Å². The molecule has 3 nitrogen and oxygen atoms in total. The highest BCUT2D eigenvalue weighted by Crippen LogP contribution is 2.35. The molecule has 2 N–H and O–H groups in total. The van der Waals surface area contributed by atoms with Gasteiger partial charge in [-0.3, -0.25) is 0 Å². The second-order valence-electron chi connectivity index (χ2n) is 6.27. The molecule has 1 atom stereocenters. The third-order valence-corrected chi connectivity index (χ3v) is 4.84. The van der Waals surface area contributed by atoms with Gasteiger partial charge >= 0.3 is 0 Å². The maximum atomic E-state index is 10.2. The molecular formula is C17H25NO2. The van der Waals surface area contributed by atoms with Crippen LogP contribution in [0.25, 0.3) is 0 Å². The Balaban J connectivity index is 1.75. The fourth-order valence-corrected chi connectivity index (χ4v) is 3.58. The Bertz CT molecular complexity index is 440. The van der Waals surface area contributed by atoms with E-state index in [-0.39, 0.29) is 12.3 Å². The normalized spacial score (nSPS) is 31.3. The third kappa shape index (κ3) is 2.99. The van der Waals surface area contributed by atoms with Crippen molar-refractivity contribution in [3.63, 3.8) is 0 Å². The van der Waals surface area contributed by atoms with Crippen molar-refractivity contribution in [2.45, 2.75) is 63.2 Å². The lowest BCUT2D eigenvalue weighted by Gasteiger charge is -2.35. The van der Waals surface area contributed by atoms with Crippen molar-refractivity contribution >= 4 is 5.69 Å². The molecule has 0 radical (unpaired) electrons. The molecule has 2 aliphatic rings. The zero-order valence-electron chi connectivity index (χ0n) is 12.0. The summed E-state index contributed by atoms with van der Waals surface area (Å²) in [4.78, 5) is 2.13. The summed E-state index contributed by atoms with van der Waals surface area (Å²) >= 11 is 0. The first kappa shape index (κ1) is 13.9. The van der Waals surface area contributed by atoms with Crippen LogP contribution in [0.2, 0.25) is 0 Å². The SMILES string of the molecule is OC1CCC(c2cccc(N3CCCCC3O)c2)CC1. The lowest BCUT2D eigenvalue weighted by molar-refractivity contribution is 0.122. The molecule has 2 fully saturated rings. The van der Waals surface area contributed by atoms with E-state index in [4.69, 9.17) is 0 Å². The average molecular weight is 275 g/mol. The van der Waals surface area contributed by atoms with Gasteiger partial charge in [0.25, 0.3) is 0 Å².